The molecule has 2 unspecified atom stereocenters. The Bertz CT molecular complexity index is 392. The number of hydrogen-bond acceptors (Lipinski definition) is 3. The van der Waals surface area contributed by atoms with E-state index in [9.17, 15) is 0 Å². The number of piperidine rings is 1. The Morgan fingerprint density at radius 3 is 2.41 bits per heavy atom. The number of hydrogen-bond donors (Lipinski definition) is 1. The molecule has 2 saturated heterocycles. The van der Waals surface area contributed by atoms with Gasteiger partial charge in [0.05, 0.1) is 11.7 Å². The second-order valence-electron chi connectivity index (χ2n) is 6.60. The van der Waals surface area contributed by atoms with Crippen molar-refractivity contribution in [3.05, 3.63) is 11.9 Å². The Morgan fingerprint density at radius 2 is 1.88 bits per heavy atom. The van der Waals surface area contributed by atoms with Gasteiger partial charge in [0.1, 0.15) is 0 Å². The van der Waals surface area contributed by atoms with Gasteiger partial charge in [0, 0.05) is 23.7 Å². The average Bonchev–Trinajstić information content (AvgIpc) is 2.84. The maximum Gasteiger partial charge on any atom is 0.0880 e. The lowest BCUT2D eigenvalue weighted by molar-refractivity contribution is 0.278. The number of nitrogens with one attached hydrogen (secondary N) is 1. The molecule has 2 fully saturated rings. The van der Waals surface area contributed by atoms with Crippen LogP contribution in [0.1, 0.15) is 58.2 Å². The number of aromatic nitrogens is 3. The van der Waals surface area contributed by atoms with E-state index in [1.165, 1.54) is 25.7 Å². The molecule has 3 heterocycles. The zero-order chi connectivity index (χ0) is 12.0. The van der Waals surface area contributed by atoms with Gasteiger partial charge in [-0.1, -0.05) is 26.0 Å². The van der Waals surface area contributed by atoms with Crippen LogP contribution in [0.2, 0.25) is 0 Å². The Balaban J connectivity index is 1.78. The molecule has 0 amide bonds. The van der Waals surface area contributed by atoms with Crippen molar-refractivity contribution in [2.75, 3.05) is 0 Å². The van der Waals surface area contributed by atoms with Crippen LogP contribution in [0.25, 0.3) is 0 Å². The first-order valence-electron chi connectivity index (χ1n) is 6.71. The van der Waals surface area contributed by atoms with E-state index in [-0.39, 0.29) is 5.41 Å². The SMILES string of the molecule is CC(C)(C)c1cn(C2CC3CCC(C2)N3)nn1. The average molecular weight is 234 g/mol. The van der Waals surface area contributed by atoms with Crippen molar-refractivity contribution in [1.29, 1.82) is 0 Å². The summed E-state index contributed by atoms with van der Waals surface area (Å²) in [6.45, 7) is 6.56. The lowest BCUT2D eigenvalue weighted by Gasteiger charge is -2.28. The fourth-order valence-corrected chi connectivity index (χ4v) is 3.04. The van der Waals surface area contributed by atoms with E-state index in [1.807, 2.05) is 0 Å². The number of rotatable bonds is 1. The molecular weight excluding hydrogens is 212 g/mol. The van der Waals surface area contributed by atoms with Crippen LogP contribution in [0.4, 0.5) is 0 Å². The normalized spacial score (nSPS) is 33.0. The standard InChI is InChI=1S/C13H22N4/c1-13(2,3)12-8-17(16-15-12)11-6-9-4-5-10(7-11)14-9/h8-11,14H,4-7H2,1-3H3. The Morgan fingerprint density at radius 1 is 1.24 bits per heavy atom. The molecule has 2 atom stereocenters. The predicted octanol–water partition coefficient (Wildman–Crippen LogP) is 2.03. The van der Waals surface area contributed by atoms with E-state index < -0.39 is 0 Å². The largest absolute Gasteiger partial charge is 0.311 e. The molecule has 1 aromatic heterocycles. The molecule has 94 valence electrons. The predicted molar refractivity (Wildman–Crippen MR) is 66.9 cm³/mol. The van der Waals surface area contributed by atoms with Gasteiger partial charge in [0.2, 0.25) is 0 Å². The molecule has 0 aromatic carbocycles. The van der Waals surface area contributed by atoms with Crippen molar-refractivity contribution in [3.8, 4) is 0 Å². The molecule has 0 aliphatic carbocycles. The van der Waals surface area contributed by atoms with Crippen molar-refractivity contribution in [1.82, 2.24) is 20.3 Å². The highest BCUT2D eigenvalue weighted by Gasteiger charge is 2.35. The van der Waals surface area contributed by atoms with Crippen LogP contribution in [0.5, 0.6) is 0 Å². The molecule has 1 aromatic rings. The molecule has 2 bridgehead atoms. The Labute approximate surface area is 103 Å². The molecular formula is C13H22N4. The van der Waals surface area contributed by atoms with E-state index in [4.69, 9.17) is 0 Å². The van der Waals surface area contributed by atoms with Gasteiger partial charge in [-0.2, -0.15) is 0 Å². The maximum atomic E-state index is 4.34. The minimum atomic E-state index is 0.101. The van der Waals surface area contributed by atoms with Gasteiger partial charge in [-0.3, -0.25) is 0 Å². The topological polar surface area (TPSA) is 42.7 Å². The maximum absolute atomic E-state index is 4.34. The van der Waals surface area contributed by atoms with E-state index in [1.54, 1.807) is 0 Å². The van der Waals surface area contributed by atoms with Crippen molar-refractivity contribution in [3.63, 3.8) is 0 Å². The second-order valence-corrected chi connectivity index (χ2v) is 6.60. The van der Waals surface area contributed by atoms with Crippen LogP contribution in [0.15, 0.2) is 6.20 Å². The van der Waals surface area contributed by atoms with Gasteiger partial charge in [0.25, 0.3) is 0 Å². The van der Waals surface area contributed by atoms with Gasteiger partial charge in [-0.15, -0.1) is 5.10 Å². The zero-order valence-corrected chi connectivity index (χ0v) is 11.0. The summed E-state index contributed by atoms with van der Waals surface area (Å²) in [6.07, 6.45) is 7.24. The van der Waals surface area contributed by atoms with E-state index >= 15 is 0 Å². The van der Waals surface area contributed by atoms with Crippen molar-refractivity contribution in [2.45, 2.75) is 70.0 Å². The molecule has 2 aliphatic heterocycles. The van der Waals surface area contributed by atoms with E-state index in [0.29, 0.717) is 18.1 Å². The summed E-state index contributed by atoms with van der Waals surface area (Å²) in [7, 11) is 0. The van der Waals surface area contributed by atoms with Crippen molar-refractivity contribution in [2.24, 2.45) is 0 Å². The van der Waals surface area contributed by atoms with Gasteiger partial charge in [0.15, 0.2) is 0 Å². The van der Waals surface area contributed by atoms with Crippen molar-refractivity contribution < 1.29 is 0 Å². The third-order valence-electron chi connectivity index (χ3n) is 4.10. The van der Waals surface area contributed by atoms with E-state index in [0.717, 1.165) is 5.69 Å². The highest BCUT2D eigenvalue weighted by molar-refractivity contribution is 5.07. The van der Waals surface area contributed by atoms with Crippen LogP contribution in [0, 0.1) is 0 Å². The molecule has 1 N–H and O–H groups in total. The fourth-order valence-electron chi connectivity index (χ4n) is 3.04. The number of fused-ring (bicyclic) bond motifs is 2. The van der Waals surface area contributed by atoms with Gasteiger partial charge >= 0.3 is 0 Å². The molecule has 4 nitrogen and oxygen atoms in total. The van der Waals surface area contributed by atoms with Crippen molar-refractivity contribution >= 4 is 0 Å². The van der Waals surface area contributed by atoms with Gasteiger partial charge in [-0.05, 0) is 25.7 Å². The molecule has 2 aliphatic rings. The minimum absolute atomic E-state index is 0.101. The Kier molecular flexibility index (Phi) is 2.51. The van der Waals surface area contributed by atoms with Crippen LogP contribution in [0.3, 0.4) is 0 Å². The molecule has 0 spiro atoms. The minimum Gasteiger partial charge on any atom is -0.311 e. The summed E-state index contributed by atoms with van der Waals surface area (Å²) in [5, 5.41) is 12.3. The monoisotopic (exact) mass is 234 g/mol. The van der Waals surface area contributed by atoms with Crippen LogP contribution >= 0.6 is 0 Å². The summed E-state index contributed by atoms with van der Waals surface area (Å²) in [6, 6.07) is 1.97. The first kappa shape index (κ1) is 11.2. The summed E-state index contributed by atoms with van der Waals surface area (Å²) < 4.78 is 2.10. The molecule has 17 heavy (non-hydrogen) atoms. The summed E-state index contributed by atoms with van der Waals surface area (Å²) >= 11 is 0. The third kappa shape index (κ3) is 2.10. The highest BCUT2D eigenvalue weighted by atomic mass is 15.4. The lowest BCUT2D eigenvalue weighted by Crippen LogP contribution is -2.39. The van der Waals surface area contributed by atoms with Gasteiger partial charge in [-0.25, -0.2) is 4.68 Å². The highest BCUT2D eigenvalue weighted by Crippen LogP contribution is 2.34. The van der Waals surface area contributed by atoms with Crippen LogP contribution in [-0.2, 0) is 5.41 Å². The molecule has 0 saturated carbocycles. The van der Waals surface area contributed by atoms with Crippen LogP contribution in [-0.4, -0.2) is 27.1 Å². The lowest BCUT2D eigenvalue weighted by atomic mass is 9.93. The molecule has 4 heteroatoms. The van der Waals surface area contributed by atoms with E-state index in [2.05, 4.69) is 47.3 Å². The summed E-state index contributed by atoms with van der Waals surface area (Å²) in [5.74, 6) is 0. The van der Waals surface area contributed by atoms with Crippen LogP contribution < -0.4 is 5.32 Å². The fraction of sp³-hybridized carbons (Fsp3) is 0.846. The van der Waals surface area contributed by atoms with Gasteiger partial charge < -0.3 is 5.32 Å². The first-order valence-corrected chi connectivity index (χ1v) is 6.71. The quantitative estimate of drug-likeness (QED) is 0.808. The smallest absolute Gasteiger partial charge is 0.0880 e. The zero-order valence-electron chi connectivity index (χ0n) is 11.0. The number of nitrogens with zero attached hydrogens (tertiary/aromatic N) is 3. The summed E-state index contributed by atoms with van der Waals surface area (Å²) in [5.41, 5.74) is 1.20. The first-order chi connectivity index (χ1) is 8.02. The Hall–Kier alpha value is -0.900. The third-order valence-corrected chi connectivity index (χ3v) is 4.10. The molecule has 0 radical (unpaired) electrons. The summed E-state index contributed by atoms with van der Waals surface area (Å²) in [4.78, 5) is 0. The second kappa shape index (κ2) is 3.80. The molecule has 3 rings (SSSR count).